The molecule has 5 nitrogen and oxygen atoms in total. The lowest BCUT2D eigenvalue weighted by atomic mass is 9.99. The van der Waals surface area contributed by atoms with Crippen LogP contribution in [0.25, 0.3) is 0 Å². The van der Waals surface area contributed by atoms with E-state index in [4.69, 9.17) is 5.11 Å². The van der Waals surface area contributed by atoms with Gasteiger partial charge in [0.15, 0.2) is 0 Å². The van der Waals surface area contributed by atoms with E-state index in [0.29, 0.717) is 25.2 Å². The summed E-state index contributed by atoms with van der Waals surface area (Å²) in [4.78, 5) is 13.0. The van der Waals surface area contributed by atoms with E-state index in [1.54, 1.807) is 6.07 Å². The summed E-state index contributed by atoms with van der Waals surface area (Å²) >= 11 is 0. The number of carbonyl (C=O) groups is 1. The van der Waals surface area contributed by atoms with E-state index < -0.39 is 5.97 Å². The molecule has 1 aliphatic rings. The molecule has 1 aromatic carbocycles. The number of benzene rings is 1. The van der Waals surface area contributed by atoms with E-state index in [9.17, 15) is 15.0 Å². The Morgan fingerprint density at radius 1 is 1.39 bits per heavy atom. The minimum atomic E-state index is -0.764. The maximum Gasteiger partial charge on any atom is 0.308 e. The molecule has 0 saturated carbocycles. The highest BCUT2D eigenvalue weighted by molar-refractivity contribution is 5.71. The van der Waals surface area contributed by atoms with Crippen LogP contribution < -0.4 is 0 Å². The maximum absolute atomic E-state index is 11.0. The third-order valence-electron chi connectivity index (χ3n) is 3.47. The number of phenols is 2. The first-order valence-corrected chi connectivity index (χ1v) is 5.93. The summed E-state index contributed by atoms with van der Waals surface area (Å²) in [6.07, 6.45) is 0. The average molecular weight is 251 g/mol. The van der Waals surface area contributed by atoms with Gasteiger partial charge in [0.2, 0.25) is 0 Å². The van der Waals surface area contributed by atoms with Gasteiger partial charge >= 0.3 is 5.97 Å². The second kappa shape index (κ2) is 4.86. The Labute approximate surface area is 105 Å². The Morgan fingerprint density at radius 2 is 2.11 bits per heavy atom. The standard InChI is InChI=1S/C13H17NO4/c1-8-5-14(7-11(8)13(17)18)6-9-2-3-10(15)4-12(9)16/h2-4,8,11,15-16H,5-7H2,1H3,(H,17,18)/t8-,11-/m1/s1. The van der Waals surface area contributed by atoms with Gasteiger partial charge in [-0.25, -0.2) is 0 Å². The fourth-order valence-corrected chi connectivity index (χ4v) is 2.44. The number of rotatable bonds is 3. The molecule has 1 saturated heterocycles. The zero-order chi connectivity index (χ0) is 13.3. The van der Waals surface area contributed by atoms with Crippen LogP contribution >= 0.6 is 0 Å². The van der Waals surface area contributed by atoms with Gasteiger partial charge in [-0.2, -0.15) is 0 Å². The fourth-order valence-electron chi connectivity index (χ4n) is 2.44. The third kappa shape index (κ3) is 2.56. The van der Waals surface area contributed by atoms with Crippen molar-refractivity contribution in [2.24, 2.45) is 11.8 Å². The Morgan fingerprint density at radius 3 is 2.67 bits per heavy atom. The van der Waals surface area contributed by atoms with Crippen LogP contribution in [-0.2, 0) is 11.3 Å². The van der Waals surface area contributed by atoms with Crippen molar-refractivity contribution in [3.8, 4) is 11.5 Å². The van der Waals surface area contributed by atoms with Crippen molar-refractivity contribution in [2.45, 2.75) is 13.5 Å². The minimum Gasteiger partial charge on any atom is -0.508 e. The third-order valence-corrected chi connectivity index (χ3v) is 3.47. The lowest BCUT2D eigenvalue weighted by molar-refractivity contribution is -0.142. The Balaban J connectivity index is 2.05. The second-order valence-corrected chi connectivity index (χ2v) is 4.93. The van der Waals surface area contributed by atoms with Crippen molar-refractivity contribution in [1.82, 2.24) is 4.90 Å². The van der Waals surface area contributed by atoms with E-state index in [0.717, 1.165) is 0 Å². The number of carboxylic acids is 1. The zero-order valence-electron chi connectivity index (χ0n) is 10.2. The minimum absolute atomic E-state index is 0.0226. The highest BCUT2D eigenvalue weighted by Crippen LogP contribution is 2.28. The van der Waals surface area contributed by atoms with E-state index in [1.807, 2.05) is 11.8 Å². The number of carboxylic acid groups (broad SMARTS) is 1. The molecule has 1 heterocycles. The van der Waals surface area contributed by atoms with Crippen molar-refractivity contribution in [1.29, 1.82) is 0 Å². The van der Waals surface area contributed by atoms with E-state index in [2.05, 4.69) is 0 Å². The quantitative estimate of drug-likeness (QED) is 0.753. The summed E-state index contributed by atoms with van der Waals surface area (Å²) < 4.78 is 0. The molecule has 1 fully saturated rings. The van der Waals surface area contributed by atoms with Crippen LogP contribution in [-0.4, -0.2) is 39.3 Å². The van der Waals surface area contributed by atoms with Crippen molar-refractivity contribution < 1.29 is 20.1 Å². The summed E-state index contributed by atoms with van der Waals surface area (Å²) in [7, 11) is 0. The van der Waals surface area contributed by atoms with Gasteiger partial charge in [0, 0.05) is 31.3 Å². The van der Waals surface area contributed by atoms with Crippen LogP contribution in [0.1, 0.15) is 12.5 Å². The summed E-state index contributed by atoms with van der Waals surface area (Å²) in [5, 5.41) is 27.9. The predicted molar refractivity (Wildman–Crippen MR) is 65.3 cm³/mol. The number of aromatic hydroxyl groups is 2. The molecule has 2 rings (SSSR count). The number of nitrogens with zero attached hydrogens (tertiary/aromatic N) is 1. The van der Waals surface area contributed by atoms with Crippen molar-refractivity contribution >= 4 is 5.97 Å². The zero-order valence-corrected chi connectivity index (χ0v) is 10.2. The largest absolute Gasteiger partial charge is 0.508 e. The molecule has 1 aromatic rings. The monoisotopic (exact) mass is 251 g/mol. The summed E-state index contributed by atoms with van der Waals surface area (Å²) in [6, 6.07) is 4.47. The molecule has 0 unspecified atom stereocenters. The van der Waals surface area contributed by atoms with Crippen LogP contribution in [0, 0.1) is 11.8 Å². The van der Waals surface area contributed by atoms with Gasteiger partial charge in [0.05, 0.1) is 5.92 Å². The van der Waals surface area contributed by atoms with Gasteiger partial charge in [-0.3, -0.25) is 9.69 Å². The Bertz CT molecular complexity index is 460. The molecule has 0 radical (unpaired) electrons. The fraction of sp³-hybridized carbons (Fsp3) is 0.462. The molecule has 0 spiro atoms. The molecule has 5 heteroatoms. The summed E-state index contributed by atoms with van der Waals surface area (Å²) in [5.41, 5.74) is 0.700. The van der Waals surface area contributed by atoms with Crippen LogP contribution in [0.15, 0.2) is 18.2 Å². The van der Waals surface area contributed by atoms with E-state index in [-0.39, 0.29) is 23.3 Å². The lowest BCUT2D eigenvalue weighted by Gasteiger charge is -2.16. The molecule has 18 heavy (non-hydrogen) atoms. The molecular weight excluding hydrogens is 234 g/mol. The lowest BCUT2D eigenvalue weighted by Crippen LogP contribution is -2.23. The van der Waals surface area contributed by atoms with Crippen LogP contribution in [0.5, 0.6) is 11.5 Å². The summed E-state index contributed by atoms with van der Waals surface area (Å²) in [6.45, 7) is 3.63. The highest BCUT2D eigenvalue weighted by Gasteiger charge is 2.34. The van der Waals surface area contributed by atoms with Crippen molar-refractivity contribution in [3.63, 3.8) is 0 Å². The Hall–Kier alpha value is -1.75. The average Bonchev–Trinajstić information content (AvgIpc) is 2.64. The maximum atomic E-state index is 11.0. The van der Waals surface area contributed by atoms with E-state index >= 15 is 0 Å². The predicted octanol–water partition coefficient (Wildman–Crippen LogP) is 1.25. The molecule has 2 atom stereocenters. The molecule has 0 amide bonds. The van der Waals surface area contributed by atoms with E-state index in [1.165, 1.54) is 12.1 Å². The summed E-state index contributed by atoms with van der Waals surface area (Å²) in [5.74, 6) is -0.929. The van der Waals surface area contributed by atoms with Crippen molar-refractivity contribution in [2.75, 3.05) is 13.1 Å². The first kappa shape index (κ1) is 12.7. The molecule has 98 valence electrons. The number of phenolic OH excluding ortho intramolecular Hbond substituents is 2. The molecular formula is C13H17NO4. The first-order chi connectivity index (χ1) is 8.47. The molecule has 0 aromatic heterocycles. The molecule has 0 aliphatic carbocycles. The van der Waals surface area contributed by atoms with Gasteiger partial charge in [-0.15, -0.1) is 0 Å². The van der Waals surface area contributed by atoms with Gasteiger partial charge < -0.3 is 15.3 Å². The van der Waals surface area contributed by atoms with Crippen molar-refractivity contribution in [3.05, 3.63) is 23.8 Å². The van der Waals surface area contributed by atoms with Gasteiger partial charge in [-0.05, 0) is 12.0 Å². The second-order valence-electron chi connectivity index (χ2n) is 4.93. The van der Waals surface area contributed by atoms with Gasteiger partial charge in [0.25, 0.3) is 0 Å². The van der Waals surface area contributed by atoms with Crippen LogP contribution in [0.4, 0.5) is 0 Å². The van der Waals surface area contributed by atoms with Crippen LogP contribution in [0.2, 0.25) is 0 Å². The van der Waals surface area contributed by atoms with Gasteiger partial charge in [0.1, 0.15) is 11.5 Å². The Kier molecular flexibility index (Phi) is 3.43. The molecule has 3 N–H and O–H groups in total. The SMILES string of the molecule is C[C@@H]1CN(Cc2ccc(O)cc2O)C[C@H]1C(=O)O. The number of likely N-dealkylation sites (tertiary alicyclic amines) is 1. The van der Waals surface area contributed by atoms with Gasteiger partial charge in [-0.1, -0.05) is 13.0 Å². The topological polar surface area (TPSA) is 81.0 Å². The molecule has 0 bridgehead atoms. The van der Waals surface area contributed by atoms with Crippen LogP contribution in [0.3, 0.4) is 0 Å². The highest BCUT2D eigenvalue weighted by atomic mass is 16.4. The smallest absolute Gasteiger partial charge is 0.308 e. The number of aliphatic carboxylic acids is 1. The number of hydrogen-bond donors (Lipinski definition) is 3. The normalized spacial score (nSPS) is 24.3. The molecule has 1 aliphatic heterocycles. The first-order valence-electron chi connectivity index (χ1n) is 5.93. The number of hydrogen-bond acceptors (Lipinski definition) is 4.